The van der Waals surface area contributed by atoms with Gasteiger partial charge in [-0.15, -0.1) is 11.3 Å². The van der Waals surface area contributed by atoms with Crippen LogP contribution in [-0.2, 0) is 9.84 Å². The number of hydrogen-bond donors (Lipinski definition) is 0. The van der Waals surface area contributed by atoms with Gasteiger partial charge in [-0.05, 0) is 18.5 Å². The van der Waals surface area contributed by atoms with Gasteiger partial charge in [0.25, 0.3) is 0 Å². The van der Waals surface area contributed by atoms with Crippen LogP contribution < -0.4 is 0 Å². The van der Waals surface area contributed by atoms with Gasteiger partial charge >= 0.3 is 0 Å². The van der Waals surface area contributed by atoms with Crippen LogP contribution in [0.3, 0.4) is 0 Å². The highest BCUT2D eigenvalue weighted by Crippen LogP contribution is 2.09. The highest BCUT2D eigenvalue weighted by atomic mass is 32.2. The van der Waals surface area contributed by atoms with Crippen molar-refractivity contribution in [2.45, 2.75) is 0 Å². The molecule has 6 heteroatoms. The first-order valence-electron chi connectivity index (χ1n) is 4.81. The van der Waals surface area contributed by atoms with Gasteiger partial charge in [-0.3, -0.25) is 9.69 Å². The zero-order valence-corrected chi connectivity index (χ0v) is 11.0. The van der Waals surface area contributed by atoms with E-state index in [1.54, 1.807) is 18.0 Å². The molecule has 0 bridgehead atoms. The second-order valence-corrected chi connectivity index (χ2v) is 6.98. The van der Waals surface area contributed by atoms with E-state index in [4.69, 9.17) is 0 Å². The quantitative estimate of drug-likeness (QED) is 0.714. The summed E-state index contributed by atoms with van der Waals surface area (Å²) < 4.78 is 21.9. The number of rotatable bonds is 6. The molecule has 0 aliphatic carbocycles. The van der Waals surface area contributed by atoms with Gasteiger partial charge in [0, 0.05) is 12.8 Å². The SMILES string of the molecule is CN(CCS(C)(=O)=O)CC(=O)c1cccs1. The highest BCUT2D eigenvalue weighted by Gasteiger charge is 2.11. The number of nitrogens with zero attached hydrogens (tertiary/aromatic N) is 1. The van der Waals surface area contributed by atoms with Gasteiger partial charge in [0.1, 0.15) is 9.84 Å². The van der Waals surface area contributed by atoms with E-state index >= 15 is 0 Å². The standard InChI is InChI=1S/C10H15NO3S2/c1-11(5-7-16(2,13)14)8-9(12)10-4-3-6-15-10/h3-4,6H,5,7-8H2,1-2H3. The fraction of sp³-hybridized carbons (Fsp3) is 0.500. The molecule has 4 nitrogen and oxygen atoms in total. The molecule has 1 rings (SSSR count). The Morgan fingerprint density at radius 1 is 1.50 bits per heavy atom. The molecule has 0 N–H and O–H groups in total. The Bertz CT molecular complexity index is 437. The molecule has 0 unspecified atom stereocenters. The predicted octanol–water partition coefficient (Wildman–Crippen LogP) is 0.907. The molecule has 1 aromatic heterocycles. The number of thiophene rings is 1. The van der Waals surface area contributed by atoms with E-state index in [1.165, 1.54) is 17.6 Å². The van der Waals surface area contributed by atoms with Crippen LogP contribution in [0, 0.1) is 0 Å². The van der Waals surface area contributed by atoms with Crippen molar-refractivity contribution in [3.63, 3.8) is 0 Å². The van der Waals surface area contributed by atoms with Crippen LogP contribution in [0.25, 0.3) is 0 Å². The van der Waals surface area contributed by atoms with Crippen LogP contribution in [0.15, 0.2) is 17.5 Å². The first-order valence-corrected chi connectivity index (χ1v) is 7.75. The van der Waals surface area contributed by atoms with Gasteiger partial charge in [0.15, 0.2) is 5.78 Å². The molecule has 0 aromatic carbocycles. The Balaban J connectivity index is 2.40. The largest absolute Gasteiger partial charge is 0.298 e. The van der Waals surface area contributed by atoms with Crippen molar-refractivity contribution >= 4 is 27.0 Å². The Labute approximate surface area is 99.8 Å². The first kappa shape index (κ1) is 13.3. The monoisotopic (exact) mass is 261 g/mol. The molecule has 1 heterocycles. The molecule has 0 radical (unpaired) electrons. The van der Waals surface area contributed by atoms with Crippen molar-refractivity contribution in [3.05, 3.63) is 22.4 Å². The number of carbonyl (C=O) groups excluding carboxylic acids is 1. The van der Waals surface area contributed by atoms with Gasteiger partial charge in [-0.2, -0.15) is 0 Å². The summed E-state index contributed by atoms with van der Waals surface area (Å²) in [7, 11) is -1.21. The summed E-state index contributed by atoms with van der Waals surface area (Å²) in [5.74, 6) is 0.118. The number of sulfone groups is 1. The van der Waals surface area contributed by atoms with E-state index < -0.39 is 9.84 Å². The molecular formula is C10H15NO3S2. The molecule has 0 saturated heterocycles. The van der Waals surface area contributed by atoms with Gasteiger partial charge in [-0.1, -0.05) is 6.07 Å². The van der Waals surface area contributed by atoms with E-state index in [0.717, 1.165) is 0 Å². The van der Waals surface area contributed by atoms with Crippen molar-refractivity contribution < 1.29 is 13.2 Å². The summed E-state index contributed by atoms with van der Waals surface area (Å²) in [6.45, 7) is 0.645. The van der Waals surface area contributed by atoms with Crippen molar-refractivity contribution in [1.29, 1.82) is 0 Å². The van der Waals surface area contributed by atoms with Crippen LogP contribution in [0.2, 0.25) is 0 Å². The average Bonchev–Trinajstić information content (AvgIpc) is 2.66. The molecule has 0 aliphatic heterocycles. The summed E-state index contributed by atoms with van der Waals surface area (Å²) in [6, 6.07) is 3.60. The van der Waals surface area contributed by atoms with Crippen LogP contribution >= 0.6 is 11.3 Å². The zero-order valence-electron chi connectivity index (χ0n) is 9.34. The summed E-state index contributed by atoms with van der Waals surface area (Å²) in [6.07, 6.45) is 1.20. The summed E-state index contributed by atoms with van der Waals surface area (Å²) in [5.41, 5.74) is 0. The average molecular weight is 261 g/mol. The Hall–Kier alpha value is -0.720. The minimum Gasteiger partial charge on any atom is -0.298 e. The Morgan fingerprint density at radius 3 is 2.69 bits per heavy atom. The molecule has 0 aliphatic rings. The second kappa shape index (κ2) is 5.56. The van der Waals surface area contributed by atoms with Gasteiger partial charge in [0.2, 0.25) is 0 Å². The molecule has 0 saturated carbocycles. The lowest BCUT2D eigenvalue weighted by atomic mass is 10.3. The Kier molecular flexibility index (Phi) is 4.64. The van der Waals surface area contributed by atoms with Crippen LogP contribution in [0.4, 0.5) is 0 Å². The topological polar surface area (TPSA) is 54.5 Å². The van der Waals surface area contributed by atoms with E-state index in [1.807, 2.05) is 11.4 Å². The number of likely N-dealkylation sites (N-methyl/N-ethyl adjacent to an activating group) is 1. The molecule has 16 heavy (non-hydrogen) atoms. The molecule has 1 aromatic rings. The molecule has 0 fully saturated rings. The maximum atomic E-state index is 11.7. The minimum atomic E-state index is -2.96. The fourth-order valence-corrected chi connectivity index (χ4v) is 2.46. The fourth-order valence-electron chi connectivity index (χ4n) is 1.16. The van der Waals surface area contributed by atoms with Gasteiger partial charge in [0.05, 0.1) is 17.2 Å². The third-order valence-corrected chi connectivity index (χ3v) is 3.89. The maximum absolute atomic E-state index is 11.7. The normalized spacial score (nSPS) is 11.9. The molecule has 0 atom stereocenters. The second-order valence-electron chi connectivity index (χ2n) is 3.77. The molecule has 90 valence electrons. The van der Waals surface area contributed by atoms with Crippen LogP contribution in [-0.4, -0.2) is 51.2 Å². The first-order chi connectivity index (χ1) is 7.38. The maximum Gasteiger partial charge on any atom is 0.186 e. The predicted molar refractivity (Wildman–Crippen MR) is 65.9 cm³/mol. The van der Waals surface area contributed by atoms with Crippen LogP contribution in [0.5, 0.6) is 0 Å². The summed E-state index contributed by atoms with van der Waals surface area (Å²) in [4.78, 5) is 14.1. The smallest absolute Gasteiger partial charge is 0.186 e. The number of carbonyl (C=O) groups is 1. The van der Waals surface area contributed by atoms with Crippen molar-refractivity contribution in [1.82, 2.24) is 4.90 Å². The lowest BCUT2D eigenvalue weighted by Crippen LogP contribution is -2.30. The molecule has 0 spiro atoms. The van der Waals surface area contributed by atoms with Crippen molar-refractivity contribution in [3.8, 4) is 0 Å². The Morgan fingerprint density at radius 2 is 2.19 bits per heavy atom. The van der Waals surface area contributed by atoms with Crippen molar-refractivity contribution in [2.24, 2.45) is 0 Å². The molecule has 0 amide bonds. The van der Waals surface area contributed by atoms with Crippen LogP contribution in [0.1, 0.15) is 9.67 Å². The van der Waals surface area contributed by atoms with E-state index in [-0.39, 0.29) is 18.1 Å². The molecular weight excluding hydrogens is 246 g/mol. The van der Waals surface area contributed by atoms with Gasteiger partial charge in [-0.25, -0.2) is 8.42 Å². The van der Waals surface area contributed by atoms with E-state index in [9.17, 15) is 13.2 Å². The van der Waals surface area contributed by atoms with Crippen molar-refractivity contribution in [2.75, 3.05) is 32.1 Å². The van der Waals surface area contributed by atoms with E-state index in [0.29, 0.717) is 11.4 Å². The minimum absolute atomic E-state index is 0.0333. The third kappa shape index (κ3) is 4.87. The number of ketones is 1. The number of Topliss-reactive ketones (excluding diaryl/α,β-unsaturated/α-hetero) is 1. The summed E-state index contributed by atoms with van der Waals surface area (Å²) in [5, 5.41) is 1.85. The summed E-state index contributed by atoms with van der Waals surface area (Å²) >= 11 is 1.40. The zero-order chi connectivity index (χ0) is 12.2. The van der Waals surface area contributed by atoms with E-state index in [2.05, 4.69) is 0 Å². The van der Waals surface area contributed by atoms with Gasteiger partial charge < -0.3 is 0 Å². The number of hydrogen-bond acceptors (Lipinski definition) is 5. The third-order valence-electron chi connectivity index (χ3n) is 2.05. The lowest BCUT2D eigenvalue weighted by Gasteiger charge is -2.14. The lowest BCUT2D eigenvalue weighted by molar-refractivity contribution is 0.0953. The highest BCUT2D eigenvalue weighted by molar-refractivity contribution is 7.90.